The van der Waals surface area contributed by atoms with Crippen LogP contribution < -0.4 is 19.5 Å². The van der Waals surface area contributed by atoms with Crippen LogP contribution in [0.1, 0.15) is 10.5 Å². The third kappa shape index (κ3) is 4.23. The van der Waals surface area contributed by atoms with Gasteiger partial charge in [0.05, 0.1) is 34.5 Å². The Morgan fingerprint density at radius 1 is 1.03 bits per heavy atom. The Labute approximate surface area is 175 Å². The van der Waals surface area contributed by atoms with Gasteiger partial charge in [-0.2, -0.15) is 4.31 Å². The fourth-order valence-electron chi connectivity index (χ4n) is 3.19. The van der Waals surface area contributed by atoms with Gasteiger partial charge in [0, 0.05) is 44.2 Å². The van der Waals surface area contributed by atoms with Crippen LogP contribution >= 0.6 is 0 Å². The molecule has 0 bridgehead atoms. The number of amides is 1. The van der Waals surface area contributed by atoms with Crippen molar-refractivity contribution in [3.05, 3.63) is 30.1 Å². The maximum Gasteiger partial charge on any atom is 0.272 e. The van der Waals surface area contributed by atoms with Gasteiger partial charge in [0.1, 0.15) is 10.6 Å². The van der Waals surface area contributed by atoms with Crippen LogP contribution in [0.15, 0.2) is 29.3 Å². The highest BCUT2D eigenvalue weighted by atomic mass is 32.2. The monoisotopic (exact) mass is 439 g/mol. The number of benzene rings is 1. The number of aromatic nitrogens is 1. The molecule has 1 amide bonds. The zero-order valence-corrected chi connectivity index (χ0v) is 18.1. The van der Waals surface area contributed by atoms with Crippen molar-refractivity contribution in [2.45, 2.75) is 4.90 Å². The molecule has 10 nitrogen and oxygen atoms in total. The van der Waals surface area contributed by atoms with Crippen LogP contribution in [0.5, 0.6) is 17.2 Å². The number of hydrogen-bond acceptors (Lipinski definition) is 7. The molecule has 0 unspecified atom stereocenters. The lowest BCUT2D eigenvalue weighted by atomic mass is 10.2. The molecule has 0 atom stereocenters. The molecule has 2 aromatic rings. The largest absolute Gasteiger partial charge is 0.493 e. The molecule has 30 heavy (non-hydrogen) atoms. The summed E-state index contributed by atoms with van der Waals surface area (Å²) in [5.41, 5.74) is 0.601. The normalized spacial score (nSPS) is 14.9. The Morgan fingerprint density at radius 2 is 1.63 bits per heavy atom. The van der Waals surface area contributed by atoms with Gasteiger partial charge >= 0.3 is 0 Å². The first-order valence-corrected chi connectivity index (χ1v) is 10.6. The molecule has 11 heteroatoms. The standard InChI is InChI=1S/C19H25N3O7S/c1-21-12-14(30(24,25)22-5-7-29-8-6-22)11-15(21)19(23)20-13-9-16(26-2)18(28-4)17(10-13)27-3/h9-12H,5-8H2,1-4H3,(H,20,23). The summed E-state index contributed by atoms with van der Waals surface area (Å²) in [5.74, 6) is 0.690. The Hall–Kier alpha value is -2.76. The number of hydrogen-bond donors (Lipinski definition) is 1. The molecule has 0 saturated carbocycles. The van der Waals surface area contributed by atoms with Gasteiger partial charge in [-0.3, -0.25) is 4.79 Å². The number of nitrogens with zero attached hydrogens (tertiary/aromatic N) is 2. The van der Waals surface area contributed by atoms with Crippen molar-refractivity contribution in [1.29, 1.82) is 0 Å². The molecule has 1 N–H and O–H groups in total. The molecular formula is C19H25N3O7S. The third-order valence-corrected chi connectivity index (χ3v) is 6.61. The number of morpholine rings is 1. The Kier molecular flexibility index (Phi) is 6.54. The van der Waals surface area contributed by atoms with E-state index in [1.807, 2.05) is 0 Å². The zero-order valence-electron chi connectivity index (χ0n) is 17.3. The van der Waals surface area contributed by atoms with E-state index in [1.54, 1.807) is 19.2 Å². The number of rotatable bonds is 7. The van der Waals surface area contributed by atoms with Crippen LogP contribution in [-0.2, 0) is 21.8 Å². The van der Waals surface area contributed by atoms with E-state index in [0.29, 0.717) is 36.1 Å². The topological polar surface area (TPSA) is 108 Å². The van der Waals surface area contributed by atoms with E-state index in [9.17, 15) is 13.2 Å². The summed E-state index contributed by atoms with van der Waals surface area (Å²) in [6.07, 6.45) is 1.43. The highest BCUT2D eigenvalue weighted by molar-refractivity contribution is 7.89. The fourth-order valence-corrected chi connectivity index (χ4v) is 4.67. The van der Waals surface area contributed by atoms with Gasteiger partial charge in [0.2, 0.25) is 15.8 Å². The Balaban J connectivity index is 1.86. The highest BCUT2D eigenvalue weighted by Gasteiger charge is 2.29. The summed E-state index contributed by atoms with van der Waals surface area (Å²) in [4.78, 5) is 12.9. The van der Waals surface area contributed by atoms with Gasteiger partial charge in [-0.05, 0) is 6.07 Å². The minimum atomic E-state index is -3.70. The molecule has 1 aliphatic heterocycles. The van der Waals surface area contributed by atoms with E-state index in [-0.39, 0.29) is 23.7 Å². The predicted octanol–water partition coefficient (Wildman–Crippen LogP) is 1.32. The quantitative estimate of drug-likeness (QED) is 0.693. The summed E-state index contributed by atoms with van der Waals surface area (Å²) < 4.78 is 49.6. The van der Waals surface area contributed by atoms with Crippen molar-refractivity contribution < 1.29 is 32.2 Å². The lowest BCUT2D eigenvalue weighted by Gasteiger charge is -2.25. The van der Waals surface area contributed by atoms with E-state index in [2.05, 4.69) is 5.32 Å². The second-order valence-electron chi connectivity index (χ2n) is 6.56. The minimum absolute atomic E-state index is 0.0574. The lowest BCUT2D eigenvalue weighted by Crippen LogP contribution is -2.40. The number of carbonyl (C=O) groups is 1. The molecule has 1 aromatic carbocycles. The van der Waals surface area contributed by atoms with Gasteiger partial charge in [-0.15, -0.1) is 0 Å². The number of aryl methyl sites for hydroxylation is 1. The average Bonchev–Trinajstić information content (AvgIpc) is 3.16. The number of sulfonamides is 1. The highest BCUT2D eigenvalue weighted by Crippen LogP contribution is 2.40. The van der Waals surface area contributed by atoms with Gasteiger partial charge in [0.25, 0.3) is 5.91 Å². The smallest absolute Gasteiger partial charge is 0.272 e. The number of ether oxygens (including phenoxy) is 4. The van der Waals surface area contributed by atoms with Crippen LogP contribution in [0.4, 0.5) is 5.69 Å². The molecule has 1 aliphatic rings. The van der Waals surface area contributed by atoms with Crippen LogP contribution in [0.3, 0.4) is 0 Å². The summed E-state index contributed by atoms with van der Waals surface area (Å²) >= 11 is 0. The van der Waals surface area contributed by atoms with Gasteiger partial charge < -0.3 is 28.8 Å². The maximum absolute atomic E-state index is 12.8. The molecule has 1 fully saturated rings. The molecule has 2 heterocycles. The first kappa shape index (κ1) is 21.9. The predicted molar refractivity (Wildman–Crippen MR) is 109 cm³/mol. The SMILES string of the molecule is COc1cc(NC(=O)c2cc(S(=O)(=O)N3CCOCC3)cn2C)cc(OC)c1OC. The van der Waals surface area contributed by atoms with Crippen molar-refractivity contribution in [1.82, 2.24) is 8.87 Å². The first-order chi connectivity index (χ1) is 14.3. The molecule has 1 saturated heterocycles. The number of anilines is 1. The van der Waals surface area contributed by atoms with E-state index >= 15 is 0 Å². The Morgan fingerprint density at radius 3 is 2.17 bits per heavy atom. The van der Waals surface area contributed by atoms with Crippen LogP contribution in [-0.4, -0.2) is 70.8 Å². The first-order valence-electron chi connectivity index (χ1n) is 9.17. The molecule has 164 valence electrons. The van der Waals surface area contributed by atoms with Crippen molar-refractivity contribution in [2.24, 2.45) is 7.05 Å². The second kappa shape index (κ2) is 8.94. The van der Waals surface area contributed by atoms with Crippen molar-refractivity contribution in [3.8, 4) is 17.2 Å². The van der Waals surface area contributed by atoms with Crippen molar-refractivity contribution in [3.63, 3.8) is 0 Å². The van der Waals surface area contributed by atoms with E-state index in [1.165, 1.54) is 42.5 Å². The third-order valence-electron chi connectivity index (χ3n) is 4.74. The van der Waals surface area contributed by atoms with Gasteiger partial charge in [-0.1, -0.05) is 0 Å². The van der Waals surface area contributed by atoms with E-state index in [4.69, 9.17) is 18.9 Å². The van der Waals surface area contributed by atoms with Crippen LogP contribution in [0.2, 0.25) is 0 Å². The van der Waals surface area contributed by atoms with Crippen LogP contribution in [0, 0.1) is 0 Å². The summed E-state index contributed by atoms with van der Waals surface area (Å²) in [7, 11) is 2.34. The molecule has 1 aromatic heterocycles. The fraction of sp³-hybridized carbons (Fsp3) is 0.421. The molecule has 0 spiro atoms. The summed E-state index contributed by atoms with van der Waals surface area (Å²) in [6.45, 7) is 1.26. The second-order valence-corrected chi connectivity index (χ2v) is 8.49. The minimum Gasteiger partial charge on any atom is -0.493 e. The van der Waals surface area contributed by atoms with Crippen molar-refractivity contribution in [2.75, 3.05) is 52.9 Å². The Bertz CT molecular complexity index is 1000. The van der Waals surface area contributed by atoms with Gasteiger partial charge in [-0.25, -0.2) is 8.42 Å². The maximum atomic E-state index is 12.8. The van der Waals surface area contributed by atoms with E-state index < -0.39 is 15.9 Å². The zero-order chi connectivity index (χ0) is 21.9. The number of methoxy groups -OCH3 is 3. The molecule has 0 aliphatic carbocycles. The number of nitrogens with one attached hydrogen (secondary N) is 1. The average molecular weight is 439 g/mol. The molecule has 0 radical (unpaired) electrons. The van der Waals surface area contributed by atoms with E-state index in [0.717, 1.165) is 0 Å². The van der Waals surface area contributed by atoms with Crippen LogP contribution in [0.25, 0.3) is 0 Å². The van der Waals surface area contributed by atoms with Crippen molar-refractivity contribution >= 4 is 21.6 Å². The number of carbonyl (C=O) groups excluding carboxylic acids is 1. The lowest BCUT2D eigenvalue weighted by molar-refractivity contribution is 0.0730. The summed E-state index contributed by atoms with van der Waals surface area (Å²) in [5, 5.41) is 2.74. The summed E-state index contributed by atoms with van der Waals surface area (Å²) in [6, 6.07) is 4.54. The molecular weight excluding hydrogens is 414 g/mol. The van der Waals surface area contributed by atoms with Gasteiger partial charge in [0.15, 0.2) is 11.5 Å². The molecule has 3 rings (SSSR count).